The molecule has 0 bridgehead atoms. The Morgan fingerprint density at radius 1 is 0.655 bits per heavy atom. The molecule has 0 aliphatic heterocycles. The zero-order valence-corrected chi connectivity index (χ0v) is 17.2. The third-order valence-electron chi connectivity index (χ3n) is 6.15. The minimum atomic E-state index is 0.709. The van der Waals surface area contributed by atoms with Gasteiger partial charge in [-0.15, -0.1) is 0 Å². The molecular formula is C27H26N2. The van der Waals surface area contributed by atoms with E-state index in [0.29, 0.717) is 5.92 Å². The summed E-state index contributed by atoms with van der Waals surface area (Å²) in [5, 5.41) is 2.36. The van der Waals surface area contributed by atoms with Crippen molar-refractivity contribution in [1.82, 2.24) is 9.97 Å². The summed E-state index contributed by atoms with van der Waals surface area (Å²) in [6, 6.07) is 19.8. The summed E-state index contributed by atoms with van der Waals surface area (Å²) in [7, 11) is 0. The van der Waals surface area contributed by atoms with Gasteiger partial charge >= 0.3 is 0 Å². The van der Waals surface area contributed by atoms with E-state index in [-0.39, 0.29) is 0 Å². The first-order chi connectivity index (χ1) is 14.2. The number of fused-ring (bicyclic) bond motifs is 1. The van der Waals surface area contributed by atoms with Gasteiger partial charge in [-0.3, -0.25) is 9.97 Å². The highest BCUT2D eigenvalue weighted by molar-refractivity contribution is 5.88. The molecule has 2 heterocycles. The third-order valence-corrected chi connectivity index (χ3v) is 6.15. The predicted molar refractivity (Wildman–Crippen MR) is 121 cm³/mol. The number of pyridine rings is 2. The largest absolute Gasteiger partial charge is 0.256 e. The van der Waals surface area contributed by atoms with Crippen molar-refractivity contribution in [3.8, 4) is 22.5 Å². The molecule has 0 unspecified atom stereocenters. The van der Waals surface area contributed by atoms with E-state index in [1.54, 1.807) is 0 Å². The number of aryl methyl sites for hydroxylation is 2. The number of rotatable bonds is 3. The van der Waals surface area contributed by atoms with Gasteiger partial charge in [0.25, 0.3) is 0 Å². The van der Waals surface area contributed by atoms with Gasteiger partial charge in [-0.05, 0) is 73.9 Å². The molecule has 1 saturated carbocycles. The summed E-state index contributed by atoms with van der Waals surface area (Å²) in [6.45, 7) is 4.27. The molecule has 0 saturated heterocycles. The molecule has 0 radical (unpaired) electrons. The average molecular weight is 379 g/mol. The first kappa shape index (κ1) is 18.1. The van der Waals surface area contributed by atoms with E-state index >= 15 is 0 Å². The van der Waals surface area contributed by atoms with E-state index in [9.17, 15) is 0 Å². The average Bonchev–Trinajstić information content (AvgIpc) is 3.27. The van der Waals surface area contributed by atoms with Gasteiger partial charge in [0, 0.05) is 28.9 Å². The van der Waals surface area contributed by atoms with E-state index in [0.717, 1.165) is 22.3 Å². The number of aromatic nitrogens is 2. The summed E-state index contributed by atoms with van der Waals surface area (Å²) in [4.78, 5) is 9.50. The molecule has 2 aromatic heterocycles. The van der Waals surface area contributed by atoms with Crippen LogP contribution in [0.1, 0.15) is 48.3 Å². The molecule has 2 heteroatoms. The maximum atomic E-state index is 4.76. The first-order valence-electron chi connectivity index (χ1n) is 10.6. The Morgan fingerprint density at radius 2 is 1.41 bits per heavy atom. The van der Waals surface area contributed by atoms with Crippen LogP contribution in [-0.2, 0) is 0 Å². The summed E-state index contributed by atoms with van der Waals surface area (Å²) in [5.41, 5.74) is 8.32. The zero-order valence-electron chi connectivity index (χ0n) is 17.2. The van der Waals surface area contributed by atoms with Crippen LogP contribution in [0.2, 0.25) is 0 Å². The van der Waals surface area contributed by atoms with Crippen molar-refractivity contribution >= 4 is 10.8 Å². The molecule has 0 N–H and O–H groups in total. The predicted octanol–water partition coefficient (Wildman–Crippen LogP) is 7.24. The molecular weight excluding hydrogens is 352 g/mol. The summed E-state index contributed by atoms with van der Waals surface area (Å²) < 4.78 is 0. The van der Waals surface area contributed by atoms with Gasteiger partial charge in [-0.1, -0.05) is 48.2 Å². The molecule has 5 rings (SSSR count). The Morgan fingerprint density at radius 3 is 2.14 bits per heavy atom. The Bertz CT molecular complexity index is 1150. The molecule has 2 nitrogen and oxygen atoms in total. The fourth-order valence-corrected chi connectivity index (χ4v) is 4.66. The van der Waals surface area contributed by atoms with Gasteiger partial charge in [0.1, 0.15) is 0 Å². The molecule has 1 aliphatic carbocycles. The normalized spacial score (nSPS) is 14.6. The lowest BCUT2D eigenvalue weighted by Gasteiger charge is -2.10. The Kier molecular flexibility index (Phi) is 4.63. The van der Waals surface area contributed by atoms with Gasteiger partial charge in [0.2, 0.25) is 0 Å². The smallest absolute Gasteiger partial charge is 0.0708 e. The van der Waals surface area contributed by atoms with Gasteiger partial charge in [-0.25, -0.2) is 0 Å². The number of hydrogen-bond donors (Lipinski definition) is 0. The lowest BCUT2D eigenvalue weighted by molar-refractivity contribution is 0.719. The minimum absolute atomic E-state index is 0.709. The van der Waals surface area contributed by atoms with Crippen LogP contribution >= 0.6 is 0 Å². The molecule has 2 aromatic carbocycles. The van der Waals surface area contributed by atoms with Gasteiger partial charge in [-0.2, -0.15) is 0 Å². The second-order valence-corrected chi connectivity index (χ2v) is 8.47. The van der Waals surface area contributed by atoms with Crippen LogP contribution < -0.4 is 0 Å². The van der Waals surface area contributed by atoms with Crippen LogP contribution in [-0.4, -0.2) is 9.97 Å². The number of nitrogens with zero attached hydrogens (tertiary/aromatic N) is 2. The van der Waals surface area contributed by atoms with E-state index in [1.165, 1.54) is 53.3 Å². The summed E-state index contributed by atoms with van der Waals surface area (Å²) in [6.07, 6.45) is 9.40. The third kappa shape index (κ3) is 3.67. The van der Waals surface area contributed by atoms with Crippen molar-refractivity contribution in [2.45, 2.75) is 45.4 Å². The molecule has 29 heavy (non-hydrogen) atoms. The maximum absolute atomic E-state index is 4.76. The highest BCUT2D eigenvalue weighted by Gasteiger charge is 2.17. The lowest BCUT2D eigenvalue weighted by atomic mass is 9.98. The van der Waals surface area contributed by atoms with E-state index in [4.69, 9.17) is 9.97 Å². The molecule has 1 aliphatic rings. The fraction of sp³-hybridized carbons (Fsp3) is 0.259. The van der Waals surface area contributed by atoms with Gasteiger partial charge < -0.3 is 0 Å². The van der Waals surface area contributed by atoms with Crippen LogP contribution in [0.5, 0.6) is 0 Å². The molecule has 144 valence electrons. The summed E-state index contributed by atoms with van der Waals surface area (Å²) in [5.74, 6) is 0.709. The van der Waals surface area contributed by atoms with E-state index in [1.807, 2.05) is 6.20 Å². The van der Waals surface area contributed by atoms with E-state index < -0.39 is 0 Å². The fourth-order valence-electron chi connectivity index (χ4n) is 4.66. The van der Waals surface area contributed by atoms with Crippen molar-refractivity contribution in [3.63, 3.8) is 0 Å². The molecule has 1 fully saturated rings. The van der Waals surface area contributed by atoms with Crippen LogP contribution in [0.25, 0.3) is 33.3 Å². The maximum Gasteiger partial charge on any atom is 0.0708 e. The Balaban J connectivity index is 1.46. The molecule has 0 spiro atoms. The zero-order chi connectivity index (χ0) is 19.8. The van der Waals surface area contributed by atoms with Crippen LogP contribution in [0.15, 0.2) is 67.0 Å². The highest BCUT2D eigenvalue weighted by atomic mass is 14.7. The number of benzene rings is 2. The number of hydrogen-bond acceptors (Lipinski definition) is 2. The monoisotopic (exact) mass is 378 g/mol. The lowest BCUT2D eigenvalue weighted by Crippen LogP contribution is -1.94. The highest BCUT2D eigenvalue weighted by Crippen LogP contribution is 2.34. The quantitative estimate of drug-likeness (QED) is 0.375. The van der Waals surface area contributed by atoms with Gasteiger partial charge in [0.05, 0.1) is 11.4 Å². The summed E-state index contributed by atoms with van der Waals surface area (Å²) >= 11 is 0. The van der Waals surface area contributed by atoms with Crippen molar-refractivity contribution in [1.29, 1.82) is 0 Å². The van der Waals surface area contributed by atoms with Crippen LogP contribution in [0.4, 0.5) is 0 Å². The van der Waals surface area contributed by atoms with E-state index in [2.05, 4.69) is 74.6 Å². The topological polar surface area (TPSA) is 25.8 Å². The minimum Gasteiger partial charge on any atom is -0.256 e. The second kappa shape index (κ2) is 7.44. The molecule has 0 atom stereocenters. The van der Waals surface area contributed by atoms with Crippen molar-refractivity contribution in [3.05, 3.63) is 83.7 Å². The van der Waals surface area contributed by atoms with Crippen LogP contribution in [0, 0.1) is 13.8 Å². The van der Waals surface area contributed by atoms with Crippen LogP contribution in [0.3, 0.4) is 0 Å². The second-order valence-electron chi connectivity index (χ2n) is 8.47. The van der Waals surface area contributed by atoms with Crippen molar-refractivity contribution in [2.24, 2.45) is 0 Å². The Hall–Kier alpha value is -3.00. The van der Waals surface area contributed by atoms with Crippen molar-refractivity contribution in [2.75, 3.05) is 0 Å². The Labute approximate surface area is 172 Å². The van der Waals surface area contributed by atoms with Gasteiger partial charge in [0.15, 0.2) is 0 Å². The first-order valence-corrected chi connectivity index (χ1v) is 10.6. The molecule has 4 aromatic rings. The van der Waals surface area contributed by atoms with Crippen molar-refractivity contribution < 1.29 is 0 Å². The molecule has 0 amide bonds. The SMILES string of the molecule is Cc1cc(C)cc(-c2cc3ccc(-c4ccc(C5CCCC5)cn4)cc3cn2)c1. The standard InChI is InChI=1S/C27H26N2/c1-18-11-19(2)13-24(12-18)27-15-21-7-8-22(14-25(21)17-29-27)26-10-9-23(16-28-26)20-5-3-4-6-20/h7-17,20H,3-6H2,1-2H3.